The molecule has 0 aliphatic heterocycles. The van der Waals surface area contributed by atoms with Gasteiger partial charge < -0.3 is 10.8 Å². The molecule has 0 saturated heterocycles. The highest BCUT2D eigenvalue weighted by Gasteiger charge is 2.05. The zero-order chi connectivity index (χ0) is 9.84. The van der Waals surface area contributed by atoms with Crippen LogP contribution in [0, 0.1) is 6.92 Å². The zero-order valence-electron chi connectivity index (χ0n) is 7.83. The summed E-state index contributed by atoms with van der Waals surface area (Å²) in [5, 5.41) is 9.33. The minimum absolute atomic E-state index is 0.0664. The normalized spacial score (nSPS) is 12.5. The second kappa shape index (κ2) is 4.10. The maximum Gasteiger partial charge on any atom is 0.116 e. The molecule has 0 aliphatic carbocycles. The van der Waals surface area contributed by atoms with Gasteiger partial charge in [0.15, 0.2) is 0 Å². The standard InChI is InChI=1S/C11H15NO/c1-3-4-11(12)9-5-8(2)6-10(13)7-9/h3,5-7,11,13H,1,4,12H2,2H3/t11-/m1/s1. The van der Waals surface area contributed by atoms with Crippen molar-refractivity contribution < 1.29 is 5.11 Å². The first-order valence-electron chi connectivity index (χ1n) is 4.30. The fraction of sp³-hybridized carbons (Fsp3) is 0.273. The maximum absolute atomic E-state index is 9.33. The van der Waals surface area contributed by atoms with Crippen LogP contribution in [0.5, 0.6) is 5.75 Å². The van der Waals surface area contributed by atoms with Gasteiger partial charge in [-0.2, -0.15) is 0 Å². The van der Waals surface area contributed by atoms with Crippen molar-refractivity contribution >= 4 is 0 Å². The molecule has 0 aliphatic rings. The van der Waals surface area contributed by atoms with E-state index in [1.54, 1.807) is 18.2 Å². The predicted octanol–water partition coefficient (Wildman–Crippen LogP) is 2.28. The summed E-state index contributed by atoms with van der Waals surface area (Å²) in [5.74, 6) is 0.273. The van der Waals surface area contributed by atoms with Gasteiger partial charge in [0, 0.05) is 6.04 Å². The van der Waals surface area contributed by atoms with Crippen LogP contribution in [0.1, 0.15) is 23.6 Å². The summed E-state index contributed by atoms with van der Waals surface area (Å²) in [6.07, 6.45) is 2.51. The second-order valence-corrected chi connectivity index (χ2v) is 3.23. The Labute approximate surface area is 78.7 Å². The molecule has 0 bridgehead atoms. The minimum Gasteiger partial charge on any atom is -0.508 e. The largest absolute Gasteiger partial charge is 0.508 e. The Kier molecular flexibility index (Phi) is 3.09. The molecule has 13 heavy (non-hydrogen) atoms. The van der Waals surface area contributed by atoms with E-state index in [0.717, 1.165) is 17.5 Å². The van der Waals surface area contributed by atoms with Crippen LogP contribution in [0.3, 0.4) is 0 Å². The van der Waals surface area contributed by atoms with Crippen LogP contribution in [0.25, 0.3) is 0 Å². The molecule has 0 saturated carbocycles. The monoisotopic (exact) mass is 177 g/mol. The number of hydrogen-bond acceptors (Lipinski definition) is 2. The summed E-state index contributed by atoms with van der Waals surface area (Å²) in [4.78, 5) is 0. The summed E-state index contributed by atoms with van der Waals surface area (Å²) in [7, 11) is 0. The Morgan fingerprint density at radius 1 is 1.54 bits per heavy atom. The van der Waals surface area contributed by atoms with Crippen LogP contribution in [-0.2, 0) is 0 Å². The van der Waals surface area contributed by atoms with Gasteiger partial charge in [-0.3, -0.25) is 0 Å². The molecule has 1 aromatic carbocycles. The average Bonchev–Trinajstić information content (AvgIpc) is 2.03. The van der Waals surface area contributed by atoms with E-state index in [-0.39, 0.29) is 11.8 Å². The van der Waals surface area contributed by atoms with Crippen LogP contribution in [0.15, 0.2) is 30.9 Å². The van der Waals surface area contributed by atoms with Crippen LogP contribution in [-0.4, -0.2) is 5.11 Å². The van der Waals surface area contributed by atoms with Crippen molar-refractivity contribution in [2.24, 2.45) is 5.73 Å². The molecule has 70 valence electrons. The van der Waals surface area contributed by atoms with Gasteiger partial charge in [-0.05, 0) is 36.6 Å². The Morgan fingerprint density at radius 2 is 2.23 bits per heavy atom. The number of hydrogen-bond donors (Lipinski definition) is 2. The Balaban J connectivity index is 2.93. The van der Waals surface area contributed by atoms with Gasteiger partial charge in [0.05, 0.1) is 0 Å². The Bertz CT molecular complexity index is 287. The molecule has 0 radical (unpaired) electrons. The van der Waals surface area contributed by atoms with E-state index < -0.39 is 0 Å². The van der Waals surface area contributed by atoms with Crippen molar-refractivity contribution in [3.05, 3.63) is 42.0 Å². The molecular weight excluding hydrogens is 162 g/mol. The lowest BCUT2D eigenvalue weighted by atomic mass is 10.0. The third-order valence-corrected chi connectivity index (χ3v) is 1.93. The van der Waals surface area contributed by atoms with Crippen molar-refractivity contribution in [1.82, 2.24) is 0 Å². The van der Waals surface area contributed by atoms with E-state index in [9.17, 15) is 5.11 Å². The van der Waals surface area contributed by atoms with E-state index in [1.807, 2.05) is 13.0 Å². The van der Waals surface area contributed by atoms with E-state index >= 15 is 0 Å². The molecule has 0 heterocycles. The molecule has 0 spiro atoms. The molecule has 0 aromatic heterocycles. The number of aromatic hydroxyl groups is 1. The van der Waals surface area contributed by atoms with Crippen molar-refractivity contribution in [2.45, 2.75) is 19.4 Å². The second-order valence-electron chi connectivity index (χ2n) is 3.23. The number of phenolic OH excluding ortho intramolecular Hbond substituents is 1. The lowest BCUT2D eigenvalue weighted by molar-refractivity contribution is 0.473. The first kappa shape index (κ1) is 9.81. The third-order valence-electron chi connectivity index (χ3n) is 1.93. The molecule has 1 atom stereocenters. The summed E-state index contributed by atoms with van der Waals surface area (Å²) in [6, 6.07) is 5.32. The van der Waals surface area contributed by atoms with E-state index in [1.165, 1.54) is 0 Å². The maximum atomic E-state index is 9.33. The van der Waals surface area contributed by atoms with Gasteiger partial charge in [0.1, 0.15) is 5.75 Å². The van der Waals surface area contributed by atoms with Gasteiger partial charge in [-0.25, -0.2) is 0 Å². The van der Waals surface area contributed by atoms with Crippen molar-refractivity contribution in [3.63, 3.8) is 0 Å². The zero-order valence-corrected chi connectivity index (χ0v) is 7.83. The third kappa shape index (κ3) is 2.60. The van der Waals surface area contributed by atoms with E-state index in [4.69, 9.17) is 5.73 Å². The number of benzene rings is 1. The van der Waals surface area contributed by atoms with Crippen molar-refractivity contribution in [1.29, 1.82) is 0 Å². The quantitative estimate of drug-likeness (QED) is 0.696. The average molecular weight is 177 g/mol. The summed E-state index contributed by atoms with van der Waals surface area (Å²) < 4.78 is 0. The molecule has 0 fully saturated rings. The predicted molar refractivity (Wildman–Crippen MR) is 54.6 cm³/mol. The van der Waals surface area contributed by atoms with Crippen molar-refractivity contribution in [3.8, 4) is 5.75 Å². The Hall–Kier alpha value is -1.28. The summed E-state index contributed by atoms with van der Waals surface area (Å²) in [6.45, 7) is 5.56. The van der Waals surface area contributed by atoms with E-state index in [0.29, 0.717) is 0 Å². The van der Waals surface area contributed by atoms with Crippen LogP contribution < -0.4 is 5.73 Å². The topological polar surface area (TPSA) is 46.2 Å². The molecule has 2 nitrogen and oxygen atoms in total. The highest BCUT2D eigenvalue weighted by molar-refractivity contribution is 5.34. The lowest BCUT2D eigenvalue weighted by Gasteiger charge is -2.10. The summed E-state index contributed by atoms with van der Waals surface area (Å²) >= 11 is 0. The van der Waals surface area contributed by atoms with E-state index in [2.05, 4.69) is 6.58 Å². The smallest absolute Gasteiger partial charge is 0.116 e. The SMILES string of the molecule is C=CC[C@@H](N)c1cc(C)cc(O)c1. The molecule has 0 amide bonds. The first-order chi connectivity index (χ1) is 6.13. The molecule has 2 heteroatoms. The van der Waals surface area contributed by atoms with Gasteiger partial charge >= 0.3 is 0 Å². The number of nitrogens with two attached hydrogens (primary N) is 1. The molecule has 1 rings (SSSR count). The van der Waals surface area contributed by atoms with Gasteiger partial charge in [0.2, 0.25) is 0 Å². The molecule has 0 unspecified atom stereocenters. The highest BCUT2D eigenvalue weighted by atomic mass is 16.3. The molecule has 1 aromatic rings. The lowest BCUT2D eigenvalue weighted by Crippen LogP contribution is -2.08. The van der Waals surface area contributed by atoms with Gasteiger partial charge in [-0.1, -0.05) is 12.1 Å². The summed E-state index contributed by atoms with van der Waals surface area (Å²) in [5.41, 5.74) is 7.84. The van der Waals surface area contributed by atoms with Gasteiger partial charge in [-0.15, -0.1) is 6.58 Å². The number of phenols is 1. The number of rotatable bonds is 3. The van der Waals surface area contributed by atoms with Crippen LogP contribution in [0.4, 0.5) is 0 Å². The minimum atomic E-state index is -0.0664. The van der Waals surface area contributed by atoms with Crippen LogP contribution >= 0.6 is 0 Å². The molecular formula is C11H15NO. The fourth-order valence-corrected chi connectivity index (χ4v) is 1.32. The molecule has 3 N–H and O–H groups in total. The van der Waals surface area contributed by atoms with Crippen molar-refractivity contribution in [2.75, 3.05) is 0 Å². The first-order valence-corrected chi connectivity index (χ1v) is 4.30. The highest BCUT2D eigenvalue weighted by Crippen LogP contribution is 2.21. The van der Waals surface area contributed by atoms with Gasteiger partial charge in [0.25, 0.3) is 0 Å². The Morgan fingerprint density at radius 3 is 2.77 bits per heavy atom. The number of aryl methyl sites for hydroxylation is 1. The van der Waals surface area contributed by atoms with Crippen LogP contribution in [0.2, 0.25) is 0 Å². The fourth-order valence-electron chi connectivity index (χ4n) is 1.32.